The second-order valence-electron chi connectivity index (χ2n) is 7.12. The van der Waals surface area contributed by atoms with Gasteiger partial charge in [0.1, 0.15) is 0 Å². The van der Waals surface area contributed by atoms with E-state index >= 15 is 0 Å². The molecule has 0 heterocycles. The number of hydrogen-bond acceptors (Lipinski definition) is 3. The summed E-state index contributed by atoms with van der Waals surface area (Å²) in [6.07, 6.45) is 6.45. The van der Waals surface area contributed by atoms with Gasteiger partial charge in [-0.3, -0.25) is 9.32 Å². The van der Waals surface area contributed by atoms with Gasteiger partial charge >= 0.3 is 7.82 Å². The number of carbonyl (C=O) groups is 1. The number of benzene rings is 2. The number of amides is 1. The fraction of sp³-hybridized carbons (Fsp3) is 0.286. The van der Waals surface area contributed by atoms with Gasteiger partial charge in [-0.2, -0.15) is 0 Å². The van der Waals surface area contributed by atoms with E-state index in [9.17, 15) is 9.36 Å². The molecule has 1 aliphatic rings. The number of fused-ring (bicyclic) bond motifs is 1. The molecule has 0 aliphatic heterocycles. The molecule has 1 aliphatic carbocycles. The fourth-order valence-corrected chi connectivity index (χ4v) is 4.42. The third-order valence-corrected chi connectivity index (χ3v) is 6.09. The van der Waals surface area contributed by atoms with Crippen molar-refractivity contribution in [2.24, 2.45) is 0 Å². The molecular formula is C21H23BrNO5P. The van der Waals surface area contributed by atoms with Gasteiger partial charge in [0.05, 0.1) is 18.2 Å². The number of phosphoric acid groups is 1. The Labute approximate surface area is 178 Å². The van der Waals surface area contributed by atoms with Crippen LogP contribution in [-0.2, 0) is 9.09 Å². The molecule has 29 heavy (non-hydrogen) atoms. The normalized spacial score (nSPS) is 15.6. The van der Waals surface area contributed by atoms with Crippen LogP contribution in [0.2, 0.25) is 0 Å². The highest BCUT2D eigenvalue weighted by Gasteiger charge is 2.22. The summed E-state index contributed by atoms with van der Waals surface area (Å²) < 4.78 is 16.5. The summed E-state index contributed by atoms with van der Waals surface area (Å²) in [6.45, 7) is 1.75. The summed E-state index contributed by atoms with van der Waals surface area (Å²) in [6, 6.07) is 10.7. The van der Waals surface area contributed by atoms with Crippen molar-refractivity contribution >= 4 is 40.4 Å². The van der Waals surface area contributed by atoms with Crippen LogP contribution in [0.5, 0.6) is 0 Å². The van der Waals surface area contributed by atoms with Crippen molar-refractivity contribution in [3.05, 3.63) is 69.7 Å². The molecule has 6 nitrogen and oxygen atoms in total. The fourth-order valence-electron chi connectivity index (χ4n) is 3.37. The Morgan fingerprint density at radius 3 is 2.76 bits per heavy atom. The van der Waals surface area contributed by atoms with Crippen molar-refractivity contribution in [1.29, 1.82) is 0 Å². The minimum Gasteiger partial charge on any atom is -0.347 e. The highest BCUT2D eigenvalue weighted by atomic mass is 79.9. The van der Waals surface area contributed by atoms with Crippen LogP contribution in [0.4, 0.5) is 0 Å². The van der Waals surface area contributed by atoms with Crippen molar-refractivity contribution in [3.63, 3.8) is 0 Å². The third-order valence-electron chi connectivity index (χ3n) is 4.75. The van der Waals surface area contributed by atoms with Gasteiger partial charge in [0.15, 0.2) is 0 Å². The van der Waals surface area contributed by atoms with Crippen LogP contribution < -0.4 is 5.32 Å². The smallest absolute Gasteiger partial charge is 0.347 e. The molecule has 3 N–H and O–H groups in total. The minimum absolute atomic E-state index is 0.286. The summed E-state index contributed by atoms with van der Waals surface area (Å²) in [7, 11) is -4.64. The van der Waals surface area contributed by atoms with Crippen molar-refractivity contribution in [2.45, 2.75) is 32.2 Å². The summed E-state index contributed by atoms with van der Waals surface area (Å²) >= 11 is 3.51. The molecule has 1 amide bonds. The van der Waals surface area contributed by atoms with Gasteiger partial charge in [-0.25, -0.2) is 4.57 Å². The summed E-state index contributed by atoms with van der Waals surface area (Å²) in [5, 5.41) is 4.78. The van der Waals surface area contributed by atoms with E-state index in [-0.39, 0.29) is 12.5 Å². The van der Waals surface area contributed by atoms with E-state index in [1.807, 2.05) is 43.3 Å². The SMILES string of the molecule is CC1=CC(C[C@H](COP(=O)(O)O)NC(=O)c2ccc3ccccc3c2Br)=CCC1. The lowest BCUT2D eigenvalue weighted by Crippen LogP contribution is -2.38. The van der Waals surface area contributed by atoms with Gasteiger partial charge < -0.3 is 15.1 Å². The Hall–Kier alpha value is -1.76. The lowest BCUT2D eigenvalue weighted by atomic mass is 9.96. The van der Waals surface area contributed by atoms with Crippen molar-refractivity contribution in [3.8, 4) is 0 Å². The molecule has 8 heteroatoms. The predicted molar refractivity (Wildman–Crippen MR) is 117 cm³/mol. The number of rotatable bonds is 7. The van der Waals surface area contributed by atoms with Crippen LogP contribution >= 0.6 is 23.8 Å². The number of hydrogen-bond donors (Lipinski definition) is 3. The van der Waals surface area contributed by atoms with Crippen molar-refractivity contribution in [1.82, 2.24) is 5.32 Å². The molecule has 2 aromatic carbocycles. The molecule has 0 aromatic heterocycles. The van der Waals surface area contributed by atoms with Crippen LogP contribution in [0, 0.1) is 0 Å². The van der Waals surface area contributed by atoms with Crippen LogP contribution in [0.25, 0.3) is 10.8 Å². The molecule has 0 spiro atoms. The predicted octanol–water partition coefficient (Wildman–Crippen LogP) is 4.87. The van der Waals surface area contributed by atoms with E-state index in [1.165, 1.54) is 5.57 Å². The van der Waals surface area contributed by atoms with E-state index in [1.54, 1.807) is 6.07 Å². The lowest BCUT2D eigenvalue weighted by Gasteiger charge is -2.22. The van der Waals surface area contributed by atoms with Crippen LogP contribution in [-0.4, -0.2) is 28.3 Å². The molecule has 0 bridgehead atoms. The van der Waals surface area contributed by atoms with Crippen LogP contribution in [0.15, 0.2) is 64.2 Å². The maximum absolute atomic E-state index is 12.9. The third kappa shape index (κ3) is 6.11. The van der Waals surface area contributed by atoms with Gasteiger partial charge in [0, 0.05) is 4.47 Å². The first-order valence-corrected chi connectivity index (χ1v) is 11.6. The van der Waals surface area contributed by atoms with Crippen LogP contribution in [0.1, 0.15) is 36.5 Å². The minimum atomic E-state index is -4.64. The zero-order valence-electron chi connectivity index (χ0n) is 16.0. The van der Waals surface area contributed by atoms with Crippen LogP contribution in [0.3, 0.4) is 0 Å². The zero-order chi connectivity index (χ0) is 21.0. The van der Waals surface area contributed by atoms with Gasteiger partial charge in [-0.1, -0.05) is 48.1 Å². The molecule has 154 valence electrons. The van der Waals surface area contributed by atoms with Gasteiger partial charge in [0.2, 0.25) is 0 Å². The van der Waals surface area contributed by atoms with E-state index in [0.29, 0.717) is 16.5 Å². The van der Waals surface area contributed by atoms with E-state index < -0.39 is 13.9 Å². The largest absolute Gasteiger partial charge is 0.469 e. The van der Waals surface area contributed by atoms with Gasteiger partial charge in [-0.05, 0) is 64.5 Å². The lowest BCUT2D eigenvalue weighted by molar-refractivity contribution is 0.0909. The van der Waals surface area contributed by atoms with E-state index in [0.717, 1.165) is 29.2 Å². The molecule has 2 aromatic rings. The molecule has 0 fully saturated rings. The Balaban J connectivity index is 1.80. The summed E-state index contributed by atoms with van der Waals surface area (Å²) in [5.41, 5.74) is 2.71. The number of nitrogens with one attached hydrogen (secondary N) is 1. The molecule has 3 rings (SSSR count). The number of carbonyl (C=O) groups excluding carboxylic acids is 1. The van der Waals surface area contributed by atoms with Gasteiger partial charge in [-0.15, -0.1) is 0 Å². The summed E-state index contributed by atoms with van der Waals surface area (Å²) in [4.78, 5) is 31.1. The van der Waals surface area contributed by atoms with E-state index in [2.05, 4.69) is 31.8 Å². The summed E-state index contributed by atoms with van der Waals surface area (Å²) in [5.74, 6) is -0.334. The first kappa shape index (κ1) is 21.9. The Bertz CT molecular complexity index is 1030. The standard InChI is InChI=1S/C21H23BrNO5P/c1-14-5-4-6-15(11-14)12-17(13-28-29(25,26)27)23-21(24)19-10-9-16-7-2-3-8-18(16)20(19)22/h2-3,6-11,17H,4-5,12-13H2,1H3,(H,23,24)(H2,25,26,27)/t17-/m1/s1. The maximum atomic E-state index is 12.9. The molecular weight excluding hydrogens is 457 g/mol. The average molecular weight is 480 g/mol. The molecule has 1 atom stereocenters. The Kier molecular flexibility index (Phi) is 7.09. The van der Waals surface area contributed by atoms with Crippen molar-refractivity contribution < 1.29 is 23.7 Å². The quantitative estimate of drug-likeness (QED) is 0.492. The Morgan fingerprint density at radius 1 is 1.28 bits per heavy atom. The second kappa shape index (κ2) is 9.37. The number of halogens is 1. The zero-order valence-corrected chi connectivity index (χ0v) is 18.4. The topological polar surface area (TPSA) is 95.9 Å². The van der Waals surface area contributed by atoms with Crippen molar-refractivity contribution in [2.75, 3.05) is 6.61 Å². The number of allylic oxidation sites excluding steroid dienone is 3. The Morgan fingerprint density at radius 2 is 2.03 bits per heavy atom. The molecule has 0 radical (unpaired) electrons. The average Bonchev–Trinajstić information content (AvgIpc) is 2.66. The molecule has 0 saturated carbocycles. The monoisotopic (exact) mass is 479 g/mol. The second-order valence-corrected chi connectivity index (χ2v) is 9.15. The first-order chi connectivity index (χ1) is 13.7. The first-order valence-electron chi connectivity index (χ1n) is 9.27. The number of phosphoric ester groups is 1. The van der Waals surface area contributed by atoms with Gasteiger partial charge in [0.25, 0.3) is 5.91 Å². The van der Waals surface area contributed by atoms with E-state index in [4.69, 9.17) is 9.79 Å². The molecule has 0 saturated heterocycles. The highest BCUT2D eigenvalue weighted by Crippen LogP contribution is 2.36. The molecule has 0 unspecified atom stereocenters. The maximum Gasteiger partial charge on any atom is 0.469 e. The highest BCUT2D eigenvalue weighted by molar-refractivity contribution is 9.10.